The molecular formula is C11H10BrFO. The summed E-state index contributed by atoms with van der Waals surface area (Å²) >= 11 is 3.24. The van der Waals surface area contributed by atoms with Crippen molar-refractivity contribution in [2.45, 2.75) is 19.3 Å². The Labute approximate surface area is 90.4 Å². The summed E-state index contributed by atoms with van der Waals surface area (Å²) in [7, 11) is 0. The van der Waals surface area contributed by atoms with Crippen LogP contribution in [0.5, 0.6) is 0 Å². The van der Waals surface area contributed by atoms with Gasteiger partial charge in [-0.15, -0.1) is 0 Å². The van der Waals surface area contributed by atoms with E-state index in [2.05, 4.69) is 15.9 Å². The van der Waals surface area contributed by atoms with E-state index >= 15 is 0 Å². The Balaban J connectivity index is 2.23. The second-order valence-electron chi connectivity index (χ2n) is 3.76. The van der Waals surface area contributed by atoms with Crippen molar-refractivity contribution in [2.75, 3.05) is 0 Å². The Bertz CT molecular complexity index is 369. The van der Waals surface area contributed by atoms with E-state index in [0.717, 1.165) is 16.5 Å². The van der Waals surface area contributed by atoms with E-state index in [1.165, 1.54) is 12.1 Å². The van der Waals surface area contributed by atoms with Gasteiger partial charge in [-0.25, -0.2) is 4.39 Å². The molecule has 1 aromatic carbocycles. The smallest absolute Gasteiger partial charge is 0.133 e. The van der Waals surface area contributed by atoms with Crippen LogP contribution in [0.4, 0.5) is 4.39 Å². The zero-order chi connectivity index (χ0) is 10.3. The van der Waals surface area contributed by atoms with Crippen molar-refractivity contribution < 1.29 is 9.18 Å². The summed E-state index contributed by atoms with van der Waals surface area (Å²) in [4.78, 5) is 11.1. The molecule has 0 heterocycles. The number of Topliss-reactive ketones (excluding diaryl/α,β-unsaturated/α-hetero) is 1. The molecule has 1 aliphatic carbocycles. The van der Waals surface area contributed by atoms with Crippen LogP contribution < -0.4 is 0 Å². The summed E-state index contributed by atoms with van der Waals surface area (Å²) in [6.07, 6.45) is 0.866. The van der Waals surface area contributed by atoms with Crippen LogP contribution in [0, 0.1) is 11.7 Å². The van der Waals surface area contributed by atoms with Gasteiger partial charge in [-0.3, -0.25) is 4.79 Å². The van der Waals surface area contributed by atoms with Gasteiger partial charge in [0.15, 0.2) is 0 Å². The molecule has 2 unspecified atom stereocenters. The van der Waals surface area contributed by atoms with E-state index in [1.807, 2.05) is 6.07 Å². The van der Waals surface area contributed by atoms with Gasteiger partial charge in [0.1, 0.15) is 11.6 Å². The third-order valence-corrected chi connectivity index (χ3v) is 3.08. The van der Waals surface area contributed by atoms with Crippen LogP contribution in [0.15, 0.2) is 22.7 Å². The van der Waals surface area contributed by atoms with E-state index in [1.54, 1.807) is 6.92 Å². The number of halogens is 2. The quantitative estimate of drug-likeness (QED) is 0.794. The second-order valence-corrected chi connectivity index (χ2v) is 4.68. The number of carbonyl (C=O) groups is 1. The van der Waals surface area contributed by atoms with E-state index in [0.29, 0.717) is 0 Å². The minimum absolute atomic E-state index is 0.115. The zero-order valence-corrected chi connectivity index (χ0v) is 9.34. The van der Waals surface area contributed by atoms with E-state index in [-0.39, 0.29) is 23.4 Å². The topological polar surface area (TPSA) is 17.1 Å². The summed E-state index contributed by atoms with van der Waals surface area (Å²) in [6.45, 7) is 1.60. The molecule has 1 aliphatic rings. The molecule has 2 rings (SSSR count). The summed E-state index contributed by atoms with van der Waals surface area (Å²) in [5.41, 5.74) is 0.928. The third-order valence-electron chi connectivity index (χ3n) is 2.63. The van der Waals surface area contributed by atoms with Gasteiger partial charge >= 0.3 is 0 Å². The maximum absolute atomic E-state index is 13.0. The van der Waals surface area contributed by atoms with Gasteiger partial charge in [-0.2, -0.15) is 0 Å². The normalized spacial score (nSPS) is 24.8. The van der Waals surface area contributed by atoms with Crippen molar-refractivity contribution in [3.63, 3.8) is 0 Å². The average molecular weight is 257 g/mol. The van der Waals surface area contributed by atoms with Crippen LogP contribution in [-0.2, 0) is 4.79 Å². The van der Waals surface area contributed by atoms with Crippen molar-refractivity contribution in [3.05, 3.63) is 34.1 Å². The van der Waals surface area contributed by atoms with Gasteiger partial charge < -0.3 is 0 Å². The van der Waals surface area contributed by atoms with Crippen LogP contribution in [0.2, 0.25) is 0 Å². The van der Waals surface area contributed by atoms with Gasteiger partial charge in [-0.1, -0.05) is 15.9 Å². The Morgan fingerprint density at radius 1 is 1.50 bits per heavy atom. The van der Waals surface area contributed by atoms with Crippen LogP contribution >= 0.6 is 15.9 Å². The lowest BCUT2D eigenvalue weighted by Gasteiger charge is -2.00. The predicted molar refractivity (Wildman–Crippen MR) is 55.6 cm³/mol. The molecule has 0 saturated heterocycles. The van der Waals surface area contributed by atoms with Gasteiger partial charge in [-0.05, 0) is 43.0 Å². The SMILES string of the molecule is CC(=O)C1CC1c1cc(F)cc(Br)c1. The van der Waals surface area contributed by atoms with Gasteiger partial charge in [0.25, 0.3) is 0 Å². The third kappa shape index (κ3) is 1.87. The Kier molecular flexibility index (Phi) is 2.43. The molecule has 1 fully saturated rings. The lowest BCUT2D eigenvalue weighted by molar-refractivity contribution is -0.118. The Morgan fingerprint density at radius 2 is 2.21 bits per heavy atom. The number of carbonyl (C=O) groups excluding carboxylic acids is 1. The molecule has 0 radical (unpaired) electrons. The molecule has 0 amide bonds. The fourth-order valence-electron chi connectivity index (χ4n) is 1.80. The predicted octanol–water partition coefficient (Wildman–Crippen LogP) is 3.28. The van der Waals surface area contributed by atoms with Crippen molar-refractivity contribution in [1.29, 1.82) is 0 Å². The average Bonchev–Trinajstić information content (AvgIpc) is 2.79. The lowest BCUT2D eigenvalue weighted by Crippen LogP contribution is -1.95. The summed E-state index contributed by atoms with van der Waals surface area (Å²) in [5, 5.41) is 0. The van der Waals surface area contributed by atoms with Crippen molar-refractivity contribution in [1.82, 2.24) is 0 Å². The molecule has 1 saturated carbocycles. The van der Waals surface area contributed by atoms with Crippen LogP contribution in [0.1, 0.15) is 24.8 Å². The van der Waals surface area contributed by atoms with E-state index in [4.69, 9.17) is 0 Å². The molecule has 0 N–H and O–H groups in total. The zero-order valence-electron chi connectivity index (χ0n) is 7.76. The van der Waals surface area contributed by atoms with Gasteiger partial charge in [0, 0.05) is 10.4 Å². The highest BCUT2D eigenvalue weighted by atomic mass is 79.9. The fraction of sp³-hybridized carbons (Fsp3) is 0.364. The first-order valence-electron chi connectivity index (χ1n) is 4.54. The fourth-order valence-corrected chi connectivity index (χ4v) is 2.28. The molecule has 0 spiro atoms. The molecule has 3 heteroatoms. The Morgan fingerprint density at radius 3 is 2.71 bits per heavy atom. The largest absolute Gasteiger partial charge is 0.300 e. The highest BCUT2D eigenvalue weighted by Crippen LogP contribution is 2.48. The first-order chi connectivity index (χ1) is 6.58. The maximum Gasteiger partial charge on any atom is 0.133 e. The summed E-state index contributed by atoms with van der Waals surface area (Å²) in [6, 6.07) is 4.82. The number of benzene rings is 1. The summed E-state index contributed by atoms with van der Waals surface area (Å²) in [5.74, 6) is 0.308. The maximum atomic E-state index is 13.0. The van der Waals surface area contributed by atoms with Crippen LogP contribution in [-0.4, -0.2) is 5.78 Å². The standard InChI is InChI=1S/C11H10BrFO/c1-6(14)10-5-11(10)7-2-8(12)4-9(13)3-7/h2-4,10-11H,5H2,1H3. The number of hydrogen-bond donors (Lipinski definition) is 0. The number of hydrogen-bond acceptors (Lipinski definition) is 1. The Hall–Kier alpha value is -0.700. The van der Waals surface area contributed by atoms with E-state index in [9.17, 15) is 9.18 Å². The molecule has 1 nitrogen and oxygen atoms in total. The number of rotatable bonds is 2. The molecule has 2 atom stereocenters. The monoisotopic (exact) mass is 256 g/mol. The van der Waals surface area contributed by atoms with E-state index < -0.39 is 0 Å². The minimum atomic E-state index is -0.247. The molecular weight excluding hydrogens is 247 g/mol. The van der Waals surface area contributed by atoms with Crippen LogP contribution in [0.25, 0.3) is 0 Å². The summed E-state index contributed by atoms with van der Waals surface area (Å²) < 4.78 is 13.8. The molecule has 74 valence electrons. The first-order valence-corrected chi connectivity index (χ1v) is 5.33. The second kappa shape index (κ2) is 3.46. The minimum Gasteiger partial charge on any atom is -0.300 e. The highest BCUT2D eigenvalue weighted by molar-refractivity contribution is 9.10. The molecule has 1 aromatic rings. The van der Waals surface area contributed by atoms with Gasteiger partial charge in [0.05, 0.1) is 0 Å². The van der Waals surface area contributed by atoms with Crippen molar-refractivity contribution in [3.8, 4) is 0 Å². The van der Waals surface area contributed by atoms with Gasteiger partial charge in [0.2, 0.25) is 0 Å². The first kappa shape index (κ1) is 9.84. The molecule has 0 bridgehead atoms. The highest BCUT2D eigenvalue weighted by Gasteiger charge is 2.41. The van der Waals surface area contributed by atoms with Crippen molar-refractivity contribution in [2.24, 2.45) is 5.92 Å². The van der Waals surface area contributed by atoms with Crippen molar-refractivity contribution >= 4 is 21.7 Å². The molecule has 14 heavy (non-hydrogen) atoms. The molecule has 0 aliphatic heterocycles. The molecule has 0 aromatic heterocycles. The number of ketones is 1. The lowest BCUT2D eigenvalue weighted by atomic mass is 10.1. The van der Waals surface area contributed by atoms with Crippen LogP contribution in [0.3, 0.4) is 0 Å².